The van der Waals surface area contributed by atoms with Crippen molar-refractivity contribution >= 4 is 5.91 Å². The predicted molar refractivity (Wildman–Crippen MR) is 78.7 cm³/mol. The largest absolute Gasteiger partial charge is 0.339 e. The SMILES string of the molecule is CCCC1C(C)CCCN1C(=O)[C@@H]1CCC[C@@H]1CN. The van der Waals surface area contributed by atoms with Gasteiger partial charge in [0.1, 0.15) is 0 Å². The van der Waals surface area contributed by atoms with Crippen molar-refractivity contribution in [3.8, 4) is 0 Å². The van der Waals surface area contributed by atoms with Gasteiger partial charge in [-0.2, -0.15) is 0 Å². The Labute approximate surface area is 117 Å². The van der Waals surface area contributed by atoms with E-state index in [1.807, 2.05) is 0 Å². The molecule has 1 heterocycles. The molecule has 0 aromatic carbocycles. The number of carbonyl (C=O) groups is 1. The molecule has 3 nitrogen and oxygen atoms in total. The van der Waals surface area contributed by atoms with Crippen LogP contribution in [0.5, 0.6) is 0 Å². The van der Waals surface area contributed by atoms with Gasteiger partial charge in [0.15, 0.2) is 0 Å². The fourth-order valence-corrected chi connectivity index (χ4v) is 4.12. The predicted octanol–water partition coefficient (Wildman–Crippen LogP) is 2.79. The minimum atomic E-state index is 0.217. The van der Waals surface area contributed by atoms with Crippen LogP contribution in [-0.4, -0.2) is 29.9 Å². The van der Waals surface area contributed by atoms with Crippen molar-refractivity contribution in [3.63, 3.8) is 0 Å². The van der Waals surface area contributed by atoms with Crippen LogP contribution in [0.4, 0.5) is 0 Å². The van der Waals surface area contributed by atoms with Gasteiger partial charge in [0.25, 0.3) is 0 Å². The molecule has 4 atom stereocenters. The summed E-state index contributed by atoms with van der Waals surface area (Å²) in [6.07, 6.45) is 8.17. The summed E-state index contributed by atoms with van der Waals surface area (Å²) < 4.78 is 0. The van der Waals surface area contributed by atoms with Crippen LogP contribution in [0, 0.1) is 17.8 Å². The molecule has 2 N–H and O–H groups in total. The highest BCUT2D eigenvalue weighted by molar-refractivity contribution is 5.80. The summed E-state index contributed by atoms with van der Waals surface area (Å²) in [5.41, 5.74) is 5.84. The first-order valence-corrected chi connectivity index (χ1v) is 8.19. The Hall–Kier alpha value is -0.570. The Balaban J connectivity index is 2.07. The van der Waals surface area contributed by atoms with Crippen LogP contribution >= 0.6 is 0 Å². The number of nitrogens with two attached hydrogens (primary N) is 1. The van der Waals surface area contributed by atoms with Gasteiger partial charge in [-0.05, 0) is 50.5 Å². The first-order valence-electron chi connectivity index (χ1n) is 8.19. The Morgan fingerprint density at radius 2 is 2.05 bits per heavy atom. The lowest BCUT2D eigenvalue weighted by atomic mass is 9.85. The standard InChI is InChI=1S/C16H30N2O/c1-3-6-15-12(2)7-5-10-18(15)16(19)14-9-4-8-13(14)11-17/h12-15H,3-11,17H2,1-2H3/t12?,13-,14-,15?/m1/s1. The maximum absolute atomic E-state index is 12.9. The molecule has 110 valence electrons. The highest BCUT2D eigenvalue weighted by Gasteiger charge is 2.39. The van der Waals surface area contributed by atoms with Crippen LogP contribution < -0.4 is 5.73 Å². The van der Waals surface area contributed by atoms with E-state index < -0.39 is 0 Å². The summed E-state index contributed by atoms with van der Waals surface area (Å²) in [4.78, 5) is 15.1. The van der Waals surface area contributed by atoms with E-state index in [0.29, 0.717) is 30.3 Å². The maximum atomic E-state index is 12.9. The van der Waals surface area contributed by atoms with E-state index in [0.717, 1.165) is 25.8 Å². The van der Waals surface area contributed by atoms with Gasteiger partial charge in [-0.15, -0.1) is 0 Å². The van der Waals surface area contributed by atoms with Gasteiger partial charge in [-0.25, -0.2) is 0 Å². The minimum Gasteiger partial charge on any atom is -0.339 e. The highest BCUT2D eigenvalue weighted by atomic mass is 16.2. The minimum absolute atomic E-state index is 0.217. The van der Waals surface area contributed by atoms with Crippen molar-refractivity contribution < 1.29 is 4.79 Å². The zero-order valence-electron chi connectivity index (χ0n) is 12.6. The van der Waals surface area contributed by atoms with Gasteiger partial charge in [0.2, 0.25) is 5.91 Å². The fourth-order valence-electron chi connectivity index (χ4n) is 4.12. The Morgan fingerprint density at radius 3 is 2.74 bits per heavy atom. The first-order chi connectivity index (χ1) is 9.19. The molecule has 1 aliphatic heterocycles. The second-order valence-corrected chi connectivity index (χ2v) is 6.54. The van der Waals surface area contributed by atoms with Crippen molar-refractivity contribution in [1.29, 1.82) is 0 Å². The zero-order valence-corrected chi connectivity index (χ0v) is 12.6. The van der Waals surface area contributed by atoms with Crippen LogP contribution in [0.1, 0.15) is 58.8 Å². The van der Waals surface area contributed by atoms with E-state index >= 15 is 0 Å². The molecule has 2 unspecified atom stereocenters. The molecule has 2 rings (SSSR count). The summed E-state index contributed by atoms with van der Waals surface area (Å²) in [7, 11) is 0. The number of piperidine rings is 1. The monoisotopic (exact) mass is 266 g/mol. The van der Waals surface area contributed by atoms with Gasteiger partial charge in [0, 0.05) is 18.5 Å². The Morgan fingerprint density at radius 1 is 1.26 bits per heavy atom. The van der Waals surface area contributed by atoms with E-state index in [2.05, 4.69) is 18.7 Å². The van der Waals surface area contributed by atoms with Crippen molar-refractivity contribution in [2.45, 2.75) is 64.8 Å². The third-order valence-electron chi connectivity index (χ3n) is 5.26. The third-order valence-corrected chi connectivity index (χ3v) is 5.26. The summed E-state index contributed by atoms with van der Waals surface area (Å²) in [5, 5.41) is 0. The average molecular weight is 266 g/mol. The van der Waals surface area contributed by atoms with Gasteiger partial charge < -0.3 is 10.6 Å². The number of carbonyl (C=O) groups excluding carboxylic acids is 1. The summed E-state index contributed by atoms with van der Waals surface area (Å²) in [5.74, 6) is 1.73. The molecule has 2 aliphatic rings. The Bertz CT molecular complexity index is 305. The highest BCUT2D eigenvalue weighted by Crippen LogP contribution is 2.35. The van der Waals surface area contributed by atoms with E-state index in [-0.39, 0.29) is 5.92 Å². The van der Waals surface area contributed by atoms with Crippen LogP contribution in [0.25, 0.3) is 0 Å². The van der Waals surface area contributed by atoms with Crippen LogP contribution in [-0.2, 0) is 4.79 Å². The molecule has 0 aromatic heterocycles. The molecule has 2 fully saturated rings. The van der Waals surface area contributed by atoms with Crippen molar-refractivity contribution in [3.05, 3.63) is 0 Å². The first kappa shape index (κ1) is 14.8. The molecule has 1 saturated carbocycles. The molecule has 0 aromatic rings. The average Bonchev–Trinajstić information content (AvgIpc) is 2.89. The molecule has 1 aliphatic carbocycles. The van der Waals surface area contributed by atoms with Crippen LogP contribution in [0.15, 0.2) is 0 Å². The molecule has 1 amide bonds. The van der Waals surface area contributed by atoms with Crippen molar-refractivity contribution in [2.75, 3.05) is 13.1 Å². The summed E-state index contributed by atoms with van der Waals surface area (Å²) in [6, 6.07) is 0.477. The second-order valence-electron chi connectivity index (χ2n) is 6.54. The van der Waals surface area contributed by atoms with Crippen molar-refractivity contribution in [1.82, 2.24) is 4.90 Å². The number of rotatable bonds is 4. The zero-order chi connectivity index (χ0) is 13.8. The molecule has 19 heavy (non-hydrogen) atoms. The lowest BCUT2D eigenvalue weighted by molar-refractivity contribution is -0.142. The molecular formula is C16H30N2O. The smallest absolute Gasteiger partial charge is 0.226 e. The summed E-state index contributed by atoms with van der Waals surface area (Å²) >= 11 is 0. The lowest BCUT2D eigenvalue weighted by Gasteiger charge is -2.42. The Kier molecular flexibility index (Phi) is 5.26. The van der Waals surface area contributed by atoms with Gasteiger partial charge in [-0.1, -0.05) is 26.7 Å². The van der Waals surface area contributed by atoms with E-state index in [1.54, 1.807) is 0 Å². The number of amides is 1. The third kappa shape index (κ3) is 3.13. The molecular weight excluding hydrogens is 236 g/mol. The molecule has 3 heteroatoms. The quantitative estimate of drug-likeness (QED) is 0.850. The summed E-state index contributed by atoms with van der Waals surface area (Å²) in [6.45, 7) is 6.19. The number of hydrogen-bond donors (Lipinski definition) is 1. The van der Waals surface area contributed by atoms with Crippen LogP contribution in [0.2, 0.25) is 0 Å². The molecule has 0 spiro atoms. The van der Waals surface area contributed by atoms with Gasteiger partial charge in [-0.3, -0.25) is 4.79 Å². The van der Waals surface area contributed by atoms with Gasteiger partial charge in [0.05, 0.1) is 0 Å². The van der Waals surface area contributed by atoms with Crippen LogP contribution in [0.3, 0.4) is 0 Å². The number of likely N-dealkylation sites (tertiary alicyclic amines) is 1. The number of nitrogens with zero attached hydrogens (tertiary/aromatic N) is 1. The fraction of sp³-hybridized carbons (Fsp3) is 0.938. The van der Waals surface area contributed by atoms with Crippen molar-refractivity contribution in [2.24, 2.45) is 23.5 Å². The second kappa shape index (κ2) is 6.74. The van der Waals surface area contributed by atoms with E-state index in [1.165, 1.54) is 25.7 Å². The molecule has 0 bridgehead atoms. The van der Waals surface area contributed by atoms with E-state index in [9.17, 15) is 4.79 Å². The lowest BCUT2D eigenvalue weighted by Crippen LogP contribution is -2.50. The topological polar surface area (TPSA) is 46.3 Å². The normalized spacial score (nSPS) is 35.6. The van der Waals surface area contributed by atoms with E-state index in [4.69, 9.17) is 5.73 Å². The maximum Gasteiger partial charge on any atom is 0.226 e. The number of hydrogen-bond acceptors (Lipinski definition) is 2. The molecule has 0 radical (unpaired) electrons. The van der Waals surface area contributed by atoms with Gasteiger partial charge >= 0.3 is 0 Å². The molecule has 1 saturated heterocycles.